The standard InChI is InChI=1S/C30H31Cl2NO5/c1-18(34)33-30(2,3)25-16-23(19-9-11-21(31)12-10-19)28(20-7-5-4-6-8-20)38-29(25)24-15-22(32)13-14-26(24)37-17-27(35)36/h4-15,23,25,28-29H,16-17H2,1-3H3,(H,33,34)(H,35,36)/t23-,25+,28+,29-/m0/s1. The fourth-order valence-electron chi connectivity index (χ4n) is 5.36. The molecule has 8 heteroatoms. The summed E-state index contributed by atoms with van der Waals surface area (Å²) in [6.07, 6.45) is -0.240. The van der Waals surface area contributed by atoms with Crippen LogP contribution in [-0.2, 0) is 14.3 Å². The van der Waals surface area contributed by atoms with Crippen LogP contribution in [0, 0.1) is 5.92 Å². The Labute approximate surface area is 232 Å². The number of halogens is 2. The topological polar surface area (TPSA) is 84.9 Å². The lowest BCUT2D eigenvalue weighted by atomic mass is 9.69. The Morgan fingerprint density at radius 2 is 1.63 bits per heavy atom. The normalized spacial score (nSPS) is 21.5. The highest BCUT2D eigenvalue weighted by molar-refractivity contribution is 6.30. The Kier molecular flexibility index (Phi) is 8.66. The zero-order valence-corrected chi connectivity index (χ0v) is 23.0. The van der Waals surface area contributed by atoms with Gasteiger partial charge in [0.15, 0.2) is 6.61 Å². The number of amides is 1. The van der Waals surface area contributed by atoms with Gasteiger partial charge in [-0.3, -0.25) is 4.79 Å². The van der Waals surface area contributed by atoms with Crippen molar-refractivity contribution in [3.8, 4) is 5.75 Å². The second-order valence-electron chi connectivity index (χ2n) is 10.2. The first-order valence-electron chi connectivity index (χ1n) is 12.4. The molecule has 38 heavy (non-hydrogen) atoms. The van der Waals surface area contributed by atoms with Crippen molar-refractivity contribution in [2.24, 2.45) is 5.92 Å². The fraction of sp³-hybridized carbons (Fsp3) is 0.333. The maximum atomic E-state index is 12.2. The van der Waals surface area contributed by atoms with Crippen molar-refractivity contribution in [2.45, 2.75) is 50.9 Å². The number of benzene rings is 3. The largest absolute Gasteiger partial charge is 0.482 e. The number of ether oxygens (including phenoxy) is 2. The minimum atomic E-state index is -1.09. The molecule has 0 spiro atoms. The van der Waals surface area contributed by atoms with Crippen molar-refractivity contribution in [1.82, 2.24) is 5.32 Å². The van der Waals surface area contributed by atoms with Gasteiger partial charge in [0, 0.05) is 39.9 Å². The van der Waals surface area contributed by atoms with E-state index in [1.165, 1.54) is 6.92 Å². The van der Waals surface area contributed by atoms with Crippen LogP contribution in [0.4, 0.5) is 0 Å². The van der Waals surface area contributed by atoms with E-state index in [0.717, 1.165) is 11.1 Å². The van der Waals surface area contributed by atoms with E-state index in [1.807, 2.05) is 68.4 Å². The van der Waals surface area contributed by atoms with Crippen LogP contribution in [0.3, 0.4) is 0 Å². The first kappa shape index (κ1) is 28.0. The molecule has 2 N–H and O–H groups in total. The van der Waals surface area contributed by atoms with Gasteiger partial charge in [-0.15, -0.1) is 0 Å². The molecule has 1 aliphatic rings. The van der Waals surface area contributed by atoms with Crippen LogP contribution in [0.2, 0.25) is 10.0 Å². The Hall–Kier alpha value is -3.06. The monoisotopic (exact) mass is 555 g/mol. The van der Waals surface area contributed by atoms with E-state index >= 15 is 0 Å². The molecule has 3 aromatic carbocycles. The summed E-state index contributed by atoms with van der Waals surface area (Å²) >= 11 is 12.6. The van der Waals surface area contributed by atoms with Crippen LogP contribution in [-0.4, -0.2) is 29.1 Å². The quantitative estimate of drug-likeness (QED) is 0.313. The first-order chi connectivity index (χ1) is 18.0. The lowest BCUT2D eigenvalue weighted by Crippen LogP contribution is -2.53. The van der Waals surface area contributed by atoms with Gasteiger partial charge >= 0.3 is 5.97 Å². The Morgan fingerprint density at radius 1 is 0.974 bits per heavy atom. The molecule has 0 aliphatic carbocycles. The predicted octanol–water partition coefficient (Wildman–Crippen LogP) is 6.97. The number of carbonyl (C=O) groups excluding carboxylic acids is 1. The molecule has 0 saturated carbocycles. The van der Waals surface area contributed by atoms with E-state index in [-0.39, 0.29) is 23.8 Å². The number of carboxylic acids is 1. The summed E-state index contributed by atoms with van der Waals surface area (Å²) in [5.74, 6) is -1.14. The zero-order chi connectivity index (χ0) is 27.4. The Morgan fingerprint density at radius 3 is 2.26 bits per heavy atom. The number of carboxylic acid groups (broad SMARTS) is 1. The molecule has 0 aromatic heterocycles. The summed E-state index contributed by atoms with van der Waals surface area (Å²) < 4.78 is 12.6. The maximum absolute atomic E-state index is 12.2. The molecule has 0 radical (unpaired) electrons. The van der Waals surface area contributed by atoms with Crippen LogP contribution in [0.15, 0.2) is 72.8 Å². The highest BCUT2D eigenvalue weighted by Crippen LogP contribution is 2.54. The van der Waals surface area contributed by atoms with Gasteiger partial charge < -0.3 is 19.9 Å². The lowest BCUT2D eigenvalue weighted by molar-refractivity contribution is -0.140. The summed E-state index contributed by atoms with van der Waals surface area (Å²) in [6.45, 7) is 4.93. The van der Waals surface area contributed by atoms with Crippen molar-refractivity contribution < 1.29 is 24.2 Å². The summed E-state index contributed by atoms with van der Waals surface area (Å²) in [5, 5.41) is 13.5. The SMILES string of the molecule is CC(=O)NC(C)(C)[C@@H]1C[C@@H](c2ccc(Cl)cc2)[C@@H](c2ccccc2)O[C@H]1c1cc(Cl)ccc1OCC(=O)O. The summed E-state index contributed by atoms with van der Waals surface area (Å²) in [5.41, 5.74) is 2.02. The third kappa shape index (κ3) is 6.49. The lowest BCUT2D eigenvalue weighted by Gasteiger charge is -2.48. The molecule has 0 bridgehead atoms. The molecule has 1 saturated heterocycles. The molecule has 1 aliphatic heterocycles. The number of aliphatic carboxylic acids is 1. The average Bonchev–Trinajstić information content (AvgIpc) is 2.87. The van der Waals surface area contributed by atoms with Gasteiger partial charge in [0.2, 0.25) is 5.91 Å². The zero-order valence-electron chi connectivity index (χ0n) is 21.5. The Bertz CT molecular complexity index is 1280. The van der Waals surface area contributed by atoms with Gasteiger partial charge in [0.25, 0.3) is 0 Å². The van der Waals surface area contributed by atoms with Crippen LogP contribution in [0.25, 0.3) is 0 Å². The van der Waals surface area contributed by atoms with Gasteiger partial charge in [-0.2, -0.15) is 0 Å². The molecule has 4 rings (SSSR count). The van der Waals surface area contributed by atoms with Crippen molar-refractivity contribution in [2.75, 3.05) is 6.61 Å². The second kappa shape index (κ2) is 11.8. The second-order valence-corrected chi connectivity index (χ2v) is 11.0. The third-order valence-corrected chi connectivity index (χ3v) is 7.50. The molecule has 1 fully saturated rings. The molecular weight excluding hydrogens is 525 g/mol. The number of carbonyl (C=O) groups is 2. The van der Waals surface area contributed by atoms with Crippen molar-refractivity contribution in [3.63, 3.8) is 0 Å². The van der Waals surface area contributed by atoms with Crippen molar-refractivity contribution in [3.05, 3.63) is 99.5 Å². The fourth-order valence-corrected chi connectivity index (χ4v) is 5.67. The molecule has 1 amide bonds. The number of rotatable bonds is 8. The molecule has 6 nitrogen and oxygen atoms in total. The van der Waals surface area contributed by atoms with Gasteiger partial charge in [-0.05, 0) is 61.7 Å². The highest BCUT2D eigenvalue weighted by Gasteiger charge is 2.47. The average molecular weight is 556 g/mol. The minimum absolute atomic E-state index is 0.0495. The van der Waals surface area contributed by atoms with E-state index in [2.05, 4.69) is 5.32 Å². The van der Waals surface area contributed by atoms with Crippen molar-refractivity contribution in [1.29, 1.82) is 0 Å². The Balaban J connectivity index is 1.86. The van der Waals surface area contributed by atoms with Gasteiger partial charge in [0.1, 0.15) is 5.75 Å². The smallest absolute Gasteiger partial charge is 0.341 e. The molecule has 1 heterocycles. The van der Waals surface area contributed by atoms with Crippen molar-refractivity contribution >= 4 is 35.1 Å². The molecule has 3 aromatic rings. The van der Waals surface area contributed by atoms with E-state index in [9.17, 15) is 14.7 Å². The van der Waals surface area contributed by atoms with Crippen LogP contribution in [0.1, 0.15) is 62.0 Å². The number of hydrogen-bond donors (Lipinski definition) is 2. The number of hydrogen-bond acceptors (Lipinski definition) is 4. The highest BCUT2D eigenvalue weighted by atomic mass is 35.5. The summed E-state index contributed by atoms with van der Waals surface area (Å²) in [6, 6.07) is 22.8. The van der Waals surface area contributed by atoms with Gasteiger partial charge in [0.05, 0.1) is 12.2 Å². The summed E-state index contributed by atoms with van der Waals surface area (Å²) in [7, 11) is 0. The van der Waals surface area contributed by atoms with E-state index in [0.29, 0.717) is 27.8 Å². The molecule has 0 unspecified atom stereocenters. The minimum Gasteiger partial charge on any atom is -0.482 e. The van der Waals surface area contributed by atoms with Crippen LogP contribution < -0.4 is 10.1 Å². The van der Waals surface area contributed by atoms with Gasteiger partial charge in [-0.25, -0.2) is 4.79 Å². The third-order valence-electron chi connectivity index (χ3n) is 7.01. The molecule has 200 valence electrons. The number of nitrogens with one attached hydrogen (secondary N) is 1. The molecular formula is C30H31Cl2NO5. The van der Waals surface area contributed by atoms with Crippen LogP contribution >= 0.6 is 23.2 Å². The maximum Gasteiger partial charge on any atom is 0.341 e. The first-order valence-corrected chi connectivity index (χ1v) is 13.2. The summed E-state index contributed by atoms with van der Waals surface area (Å²) in [4.78, 5) is 23.5. The van der Waals surface area contributed by atoms with E-state index in [4.69, 9.17) is 32.7 Å². The molecule has 4 atom stereocenters. The van der Waals surface area contributed by atoms with Gasteiger partial charge in [-0.1, -0.05) is 65.7 Å². The predicted molar refractivity (Wildman–Crippen MR) is 148 cm³/mol. The van der Waals surface area contributed by atoms with E-state index < -0.39 is 24.2 Å². The van der Waals surface area contributed by atoms with E-state index in [1.54, 1.807) is 18.2 Å². The van der Waals surface area contributed by atoms with Crippen LogP contribution in [0.5, 0.6) is 5.75 Å².